The molecule has 8 heteroatoms. The highest BCUT2D eigenvalue weighted by atomic mass is 16.5. The van der Waals surface area contributed by atoms with Gasteiger partial charge in [0.1, 0.15) is 11.8 Å². The average Bonchev–Trinajstić information content (AvgIpc) is 2.96. The Balaban J connectivity index is 2.06. The number of aromatic nitrogens is 2. The second-order valence-corrected chi connectivity index (χ2v) is 4.98. The number of aryl methyl sites for hydroxylation is 1. The maximum atomic E-state index is 12.3. The van der Waals surface area contributed by atoms with Crippen LogP contribution in [-0.4, -0.2) is 45.1 Å². The third kappa shape index (κ3) is 4.06. The van der Waals surface area contributed by atoms with Crippen LogP contribution in [0.25, 0.3) is 0 Å². The largest absolute Gasteiger partial charge is 0.485 e. The van der Waals surface area contributed by atoms with E-state index in [4.69, 9.17) is 14.4 Å². The summed E-state index contributed by atoms with van der Waals surface area (Å²) < 4.78 is 10.3. The lowest BCUT2D eigenvalue weighted by Gasteiger charge is -2.21. The number of benzene rings is 1. The minimum atomic E-state index is -1.07. The van der Waals surface area contributed by atoms with Gasteiger partial charge in [-0.15, -0.1) is 0 Å². The third-order valence-electron chi connectivity index (χ3n) is 3.28. The molecule has 1 heterocycles. The number of carbonyl (C=O) groups excluding carboxylic acids is 1. The van der Waals surface area contributed by atoms with Gasteiger partial charge < -0.3 is 19.3 Å². The van der Waals surface area contributed by atoms with E-state index in [1.165, 1.54) is 14.0 Å². The molecule has 2 rings (SSSR count). The lowest BCUT2D eigenvalue weighted by Crippen LogP contribution is -2.40. The summed E-state index contributed by atoms with van der Waals surface area (Å²) in [4.78, 5) is 28.4. The highest BCUT2D eigenvalue weighted by molar-refractivity contribution is 5.96. The Morgan fingerprint density at radius 3 is 2.78 bits per heavy atom. The highest BCUT2D eigenvalue weighted by Crippen LogP contribution is 2.16. The van der Waals surface area contributed by atoms with Crippen LogP contribution >= 0.6 is 0 Å². The number of ether oxygens (including phenoxy) is 1. The summed E-state index contributed by atoms with van der Waals surface area (Å²) >= 11 is 0. The van der Waals surface area contributed by atoms with Crippen molar-refractivity contribution in [1.82, 2.24) is 15.0 Å². The number of carbonyl (C=O) groups is 2. The molecule has 122 valence electrons. The molecule has 0 bridgehead atoms. The molecule has 1 amide bonds. The zero-order chi connectivity index (χ0) is 17.0. The molecule has 8 nitrogen and oxygen atoms in total. The highest BCUT2D eigenvalue weighted by Gasteiger charge is 2.22. The topological polar surface area (TPSA) is 106 Å². The van der Waals surface area contributed by atoms with Gasteiger partial charge in [0.2, 0.25) is 11.7 Å². The molecule has 1 atom stereocenters. The molecular formula is C15H17N3O5. The second-order valence-electron chi connectivity index (χ2n) is 4.98. The monoisotopic (exact) mass is 319 g/mol. The van der Waals surface area contributed by atoms with Crippen LogP contribution in [0.2, 0.25) is 0 Å². The molecular weight excluding hydrogens is 302 g/mol. The van der Waals surface area contributed by atoms with Crippen LogP contribution in [0.4, 0.5) is 0 Å². The van der Waals surface area contributed by atoms with Crippen molar-refractivity contribution in [3.05, 3.63) is 41.5 Å². The predicted octanol–water partition coefficient (Wildman–Crippen LogP) is 1.50. The van der Waals surface area contributed by atoms with Gasteiger partial charge in [-0.25, -0.2) is 4.79 Å². The molecule has 23 heavy (non-hydrogen) atoms. The first-order chi connectivity index (χ1) is 10.9. The summed E-state index contributed by atoms with van der Waals surface area (Å²) in [6.07, 6.45) is 0. The fraction of sp³-hybridized carbons (Fsp3) is 0.333. The van der Waals surface area contributed by atoms with Gasteiger partial charge in [-0.05, 0) is 25.1 Å². The van der Waals surface area contributed by atoms with Crippen molar-refractivity contribution in [2.45, 2.75) is 26.5 Å². The molecule has 0 saturated heterocycles. The maximum Gasteiger partial charge on any atom is 0.326 e. The van der Waals surface area contributed by atoms with Crippen molar-refractivity contribution < 1.29 is 24.0 Å². The summed E-state index contributed by atoms with van der Waals surface area (Å²) in [5, 5.41) is 12.7. The number of nitrogens with zero attached hydrogens (tertiary/aromatic N) is 3. The Morgan fingerprint density at radius 1 is 1.43 bits per heavy atom. The summed E-state index contributed by atoms with van der Waals surface area (Å²) in [7, 11) is 1.44. The zero-order valence-corrected chi connectivity index (χ0v) is 13.0. The Labute approximate surface area is 132 Å². The van der Waals surface area contributed by atoms with Crippen LogP contribution in [0.5, 0.6) is 5.75 Å². The van der Waals surface area contributed by atoms with Crippen LogP contribution in [0.15, 0.2) is 28.8 Å². The Hall–Kier alpha value is -2.90. The van der Waals surface area contributed by atoms with E-state index in [9.17, 15) is 9.59 Å². The number of carboxylic acids is 1. The number of rotatable bonds is 6. The van der Waals surface area contributed by atoms with E-state index in [0.29, 0.717) is 23.0 Å². The molecule has 1 aromatic carbocycles. The summed E-state index contributed by atoms with van der Waals surface area (Å²) in [6, 6.07) is 5.56. The van der Waals surface area contributed by atoms with E-state index in [1.807, 2.05) is 0 Å². The zero-order valence-electron chi connectivity index (χ0n) is 13.0. The van der Waals surface area contributed by atoms with Gasteiger partial charge in [0, 0.05) is 19.5 Å². The molecule has 1 aromatic heterocycles. The number of likely N-dealkylation sites (N-methyl/N-ethyl adjacent to an activating group) is 1. The Bertz CT molecular complexity index is 713. The number of hydrogen-bond donors (Lipinski definition) is 1. The fourth-order valence-corrected chi connectivity index (χ4v) is 1.81. The summed E-state index contributed by atoms with van der Waals surface area (Å²) in [5.41, 5.74) is 0.336. The van der Waals surface area contributed by atoms with E-state index >= 15 is 0 Å². The maximum absolute atomic E-state index is 12.3. The van der Waals surface area contributed by atoms with Gasteiger partial charge >= 0.3 is 5.97 Å². The lowest BCUT2D eigenvalue weighted by atomic mass is 10.1. The van der Waals surface area contributed by atoms with Gasteiger partial charge in [-0.1, -0.05) is 11.2 Å². The first-order valence-corrected chi connectivity index (χ1v) is 6.90. The second kappa shape index (κ2) is 6.91. The number of carboxylic acid groups (broad SMARTS) is 1. The minimum Gasteiger partial charge on any atom is -0.485 e. The van der Waals surface area contributed by atoms with Crippen molar-refractivity contribution in [3.8, 4) is 5.75 Å². The first kappa shape index (κ1) is 16.5. The quantitative estimate of drug-likeness (QED) is 0.860. The van der Waals surface area contributed by atoms with Crippen molar-refractivity contribution in [2.24, 2.45) is 0 Å². The molecule has 0 spiro atoms. The van der Waals surface area contributed by atoms with Crippen molar-refractivity contribution in [2.75, 3.05) is 7.05 Å². The smallest absolute Gasteiger partial charge is 0.326 e. The molecule has 2 aromatic rings. The Kier molecular flexibility index (Phi) is 4.95. The van der Waals surface area contributed by atoms with E-state index in [0.717, 1.165) is 4.90 Å². The molecule has 1 unspecified atom stereocenters. The molecule has 0 saturated carbocycles. The van der Waals surface area contributed by atoms with Gasteiger partial charge in [0.25, 0.3) is 5.91 Å². The van der Waals surface area contributed by atoms with Crippen LogP contribution in [-0.2, 0) is 11.4 Å². The Morgan fingerprint density at radius 2 is 2.17 bits per heavy atom. The molecule has 0 radical (unpaired) electrons. The molecule has 0 fully saturated rings. The van der Waals surface area contributed by atoms with Crippen LogP contribution < -0.4 is 4.74 Å². The molecule has 0 aliphatic heterocycles. The third-order valence-corrected chi connectivity index (χ3v) is 3.28. The standard InChI is InChI=1S/C15H17N3O5/c1-9(15(20)21)18(3)14(19)11-5-4-6-12(7-11)22-8-13-16-10(2)23-17-13/h4-7,9H,8H2,1-3H3,(H,20,21). The van der Waals surface area contributed by atoms with Crippen molar-refractivity contribution in [1.29, 1.82) is 0 Å². The van der Waals surface area contributed by atoms with Gasteiger partial charge in [0.05, 0.1) is 0 Å². The SMILES string of the molecule is Cc1nc(COc2cccc(C(=O)N(C)C(C)C(=O)O)c2)no1. The number of aliphatic carboxylic acids is 1. The van der Waals surface area contributed by atoms with Gasteiger partial charge in [0.15, 0.2) is 6.61 Å². The fourth-order valence-electron chi connectivity index (χ4n) is 1.81. The molecule has 1 N–H and O–H groups in total. The normalized spacial score (nSPS) is 11.8. The summed E-state index contributed by atoms with van der Waals surface area (Å²) in [5.74, 6) is -0.177. The average molecular weight is 319 g/mol. The predicted molar refractivity (Wildman–Crippen MR) is 79.0 cm³/mol. The number of amides is 1. The van der Waals surface area contributed by atoms with E-state index in [-0.39, 0.29) is 6.61 Å². The van der Waals surface area contributed by atoms with Gasteiger partial charge in [-0.2, -0.15) is 4.98 Å². The number of hydrogen-bond acceptors (Lipinski definition) is 6. The van der Waals surface area contributed by atoms with Crippen LogP contribution in [0.3, 0.4) is 0 Å². The van der Waals surface area contributed by atoms with Crippen molar-refractivity contribution in [3.63, 3.8) is 0 Å². The van der Waals surface area contributed by atoms with E-state index < -0.39 is 17.9 Å². The van der Waals surface area contributed by atoms with Crippen molar-refractivity contribution >= 4 is 11.9 Å². The van der Waals surface area contributed by atoms with Gasteiger partial charge in [-0.3, -0.25) is 4.79 Å². The van der Waals surface area contributed by atoms with E-state index in [1.54, 1.807) is 31.2 Å². The summed E-state index contributed by atoms with van der Waals surface area (Å²) in [6.45, 7) is 3.23. The lowest BCUT2D eigenvalue weighted by molar-refractivity contribution is -0.141. The van der Waals surface area contributed by atoms with Crippen LogP contribution in [0, 0.1) is 6.92 Å². The molecule has 0 aliphatic carbocycles. The van der Waals surface area contributed by atoms with E-state index in [2.05, 4.69) is 10.1 Å². The van der Waals surface area contributed by atoms with Crippen LogP contribution in [0.1, 0.15) is 29.0 Å². The molecule has 0 aliphatic rings. The first-order valence-electron chi connectivity index (χ1n) is 6.90. The minimum absolute atomic E-state index is 0.107.